The Morgan fingerprint density at radius 2 is 2.16 bits per heavy atom. The Morgan fingerprint density at radius 3 is 2.89 bits per heavy atom. The van der Waals surface area contributed by atoms with Crippen LogP contribution in [0.15, 0.2) is 18.2 Å². The van der Waals surface area contributed by atoms with Crippen LogP contribution in [-0.4, -0.2) is 31.6 Å². The summed E-state index contributed by atoms with van der Waals surface area (Å²) in [7, 11) is 1.30. The fraction of sp³-hybridized carbons (Fsp3) is 0.429. The van der Waals surface area contributed by atoms with E-state index in [1.54, 1.807) is 13.0 Å². The number of carbonyl (C=O) groups is 2. The number of fused-ring (bicyclic) bond motifs is 1. The standard InChI is InChI=1S/C14H18N2O3/c1-9(14(18)19-2)16-13(17)11-3-4-12-8-15-6-5-10(12)7-11/h3-4,7,9,15H,5-6,8H2,1-2H3,(H,16,17). The van der Waals surface area contributed by atoms with E-state index in [0.717, 1.165) is 19.5 Å². The number of hydrogen-bond donors (Lipinski definition) is 2. The van der Waals surface area contributed by atoms with Crippen molar-refractivity contribution in [2.24, 2.45) is 0 Å². The summed E-state index contributed by atoms with van der Waals surface area (Å²) in [5, 5.41) is 5.91. The normalized spacial score (nSPS) is 15.3. The molecule has 1 aromatic rings. The van der Waals surface area contributed by atoms with Gasteiger partial charge >= 0.3 is 5.97 Å². The second-order valence-corrected chi connectivity index (χ2v) is 4.63. The predicted octanol–water partition coefficient (Wildman–Crippen LogP) is 0.624. The lowest BCUT2D eigenvalue weighted by molar-refractivity contribution is -0.142. The van der Waals surface area contributed by atoms with Crippen molar-refractivity contribution in [2.45, 2.75) is 25.9 Å². The first kappa shape index (κ1) is 13.5. The molecule has 0 saturated carbocycles. The van der Waals surface area contributed by atoms with Gasteiger partial charge in [-0.2, -0.15) is 0 Å². The molecule has 19 heavy (non-hydrogen) atoms. The summed E-state index contributed by atoms with van der Waals surface area (Å²) in [5.41, 5.74) is 3.00. The molecule has 1 aliphatic heterocycles. The molecule has 102 valence electrons. The van der Waals surface area contributed by atoms with Gasteiger partial charge in [0.15, 0.2) is 0 Å². The van der Waals surface area contributed by atoms with Crippen LogP contribution in [0.3, 0.4) is 0 Å². The Kier molecular flexibility index (Phi) is 4.16. The molecule has 0 aliphatic carbocycles. The molecular weight excluding hydrogens is 244 g/mol. The molecule has 1 amide bonds. The Hall–Kier alpha value is -1.88. The van der Waals surface area contributed by atoms with Gasteiger partial charge in [0.2, 0.25) is 0 Å². The highest BCUT2D eigenvalue weighted by molar-refractivity contribution is 5.96. The Labute approximate surface area is 112 Å². The second kappa shape index (κ2) is 5.84. The number of esters is 1. The maximum atomic E-state index is 12.0. The van der Waals surface area contributed by atoms with Crippen LogP contribution in [0.5, 0.6) is 0 Å². The van der Waals surface area contributed by atoms with Gasteiger partial charge in [0.1, 0.15) is 6.04 Å². The fourth-order valence-electron chi connectivity index (χ4n) is 2.13. The van der Waals surface area contributed by atoms with E-state index >= 15 is 0 Å². The highest BCUT2D eigenvalue weighted by Gasteiger charge is 2.18. The van der Waals surface area contributed by atoms with E-state index in [0.29, 0.717) is 5.56 Å². The van der Waals surface area contributed by atoms with Crippen molar-refractivity contribution >= 4 is 11.9 Å². The zero-order chi connectivity index (χ0) is 13.8. The van der Waals surface area contributed by atoms with Crippen molar-refractivity contribution in [3.8, 4) is 0 Å². The van der Waals surface area contributed by atoms with Crippen LogP contribution in [0, 0.1) is 0 Å². The highest BCUT2D eigenvalue weighted by atomic mass is 16.5. The first-order chi connectivity index (χ1) is 9.11. The van der Waals surface area contributed by atoms with E-state index < -0.39 is 12.0 Å². The average molecular weight is 262 g/mol. The zero-order valence-corrected chi connectivity index (χ0v) is 11.2. The van der Waals surface area contributed by atoms with Gasteiger partial charge < -0.3 is 15.4 Å². The summed E-state index contributed by atoms with van der Waals surface area (Å²) in [6, 6.07) is 5.00. The van der Waals surface area contributed by atoms with Crippen molar-refractivity contribution in [3.05, 3.63) is 34.9 Å². The molecule has 1 unspecified atom stereocenters. The Morgan fingerprint density at radius 1 is 1.37 bits per heavy atom. The van der Waals surface area contributed by atoms with Crippen molar-refractivity contribution in [1.29, 1.82) is 0 Å². The van der Waals surface area contributed by atoms with Crippen molar-refractivity contribution in [2.75, 3.05) is 13.7 Å². The van der Waals surface area contributed by atoms with Gasteiger partial charge in [0.25, 0.3) is 5.91 Å². The molecule has 1 aromatic carbocycles. The van der Waals surface area contributed by atoms with Crippen LogP contribution < -0.4 is 10.6 Å². The summed E-state index contributed by atoms with van der Waals surface area (Å²) in [6.07, 6.45) is 0.920. The molecule has 1 atom stereocenters. The summed E-state index contributed by atoms with van der Waals surface area (Å²) in [4.78, 5) is 23.3. The van der Waals surface area contributed by atoms with Crippen LogP contribution >= 0.6 is 0 Å². The summed E-state index contributed by atoms with van der Waals surface area (Å²) < 4.78 is 4.58. The fourth-order valence-corrected chi connectivity index (χ4v) is 2.13. The molecule has 0 aromatic heterocycles. The van der Waals surface area contributed by atoms with Crippen LogP contribution in [0.4, 0.5) is 0 Å². The van der Waals surface area contributed by atoms with Gasteiger partial charge in [0, 0.05) is 12.1 Å². The number of amides is 1. The number of ether oxygens (including phenoxy) is 1. The average Bonchev–Trinajstić information content (AvgIpc) is 2.45. The molecule has 0 fully saturated rings. The van der Waals surface area contributed by atoms with Gasteiger partial charge in [-0.3, -0.25) is 4.79 Å². The maximum absolute atomic E-state index is 12.0. The van der Waals surface area contributed by atoms with Crippen molar-refractivity contribution in [3.63, 3.8) is 0 Å². The molecule has 2 N–H and O–H groups in total. The molecule has 0 saturated heterocycles. The van der Waals surface area contributed by atoms with Crippen LogP contribution in [0.25, 0.3) is 0 Å². The molecule has 2 rings (SSSR count). The van der Waals surface area contributed by atoms with E-state index in [4.69, 9.17) is 0 Å². The quantitative estimate of drug-likeness (QED) is 0.784. The summed E-state index contributed by atoms with van der Waals surface area (Å²) >= 11 is 0. The van der Waals surface area contributed by atoms with E-state index in [1.807, 2.05) is 12.1 Å². The first-order valence-electron chi connectivity index (χ1n) is 6.33. The number of carbonyl (C=O) groups excluding carboxylic acids is 2. The number of nitrogens with one attached hydrogen (secondary N) is 2. The molecule has 5 nitrogen and oxygen atoms in total. The first-order valence-corrected chi connectivity index (χ1v) is 6.33. The van der Waals surface area contributed by atoms with E-state index in [-0.39, 0.29) is 5.91 Å². The smallest absolute Gasteiger partial charge is 0.328 e. The van der Waals surface area contributed by atoms with E-state index in [1.165, 1.54) is 18.2 Å². The van der Waals surface area contributed by atoms with E-state index in [2.05, 4.69) is 15.4 Å². The third-order valence-corrected chi connectivity index (χ3v) is 3.26. The van der Waals surface area contributed by atoms with Crippen molar-refractivity contribution < 1.29 is 14.3 Å². The number of hydrogen-bond acceptors (Lipinski definition) is 4. The van der Waals surface area contributed by atoms with Crippen LogP contribution in [0.1, 0.15) is 28.4 Å². The Bertz CT molecular complexity index is 499. The lowest BCUT2D eigenvalue weighted by atomic mass is 9.98. The minimum absolute atomic E-state index is 0.251. The van der Waals surface area contributed by atoms with Gasteiger partial charge in [-0.05, 0) is 43.1 Å². The van der Waals surface area contributed by atoms with Gasteiger partial charge in [-0.1, -0.05) is 6.07 Å². The molecule has 5 heteroatoms. The molecule has 1 aliphatic rings. The number of methoxy groups -OCH3 is 1. The predicted molar refractivity (Wildman–Crippen MR) is 70.8 cm³/mol. The summed E-state index contributed by atoms with van der Waals surface area (Å²) in [6.45, 7) is 3.37. The SMILES string of the molecule is COC(=O)C(C)NC(=O)c1ccc2c(c1)CCNC2. The minimum atomic E-state index is -0.643. The molecule has 0 radical (unpaired) electrons. The number of rotatable bonds is 3. The zero-order valence-electron chi connectivity index (χ0n) is 11.2. The topological polar surface area (TPSA) is 67.4 Å². The van der Waals surface area contributed by atoms with Crippen LogP contribution in [-0.2, 0) is 22.5 Å². The molecule has 1 heterocycles. The minimum Gasteiger partial charge on any atom is -0.467 e. The lowest BCUT2D eigenvalue weighted by Gasteiger charge is -2.18. The monoisotopic (exact) mass is 262 g/mol. The van der Waals surface area contributed by atoms with Gasteiger partial charge in [0.05, 0.1) is 7.11 Å². The third-order valence-electron chi connectivity index (χ3n) is 3.26. The molecule has 0 bridgehead atoms. The molecular formula is C14H18N2O3. The van der Waals surface area contributed by atoms with E-state index in [9.17, 15) is 9.59 Å². The van der Waals surface area contributed by atoms with Crippen LogP contribution in [0.2, 0.25) is 0 Å². The molecule has 0 spiro atoms. The second-order valence-electron chi connectivity index (χ2n) is 4.63. The number of benzene rings is 1. The summed E-state index contributed by atoms with van der Waals surface area (Å²) in [5.74, 6) is -0.699. The largest absolute Gasteiger partial charge is 0.467 e. The lowest BCUT2D eigenvalue weighted by Crippen LogP contribution is -2.39. The van der Waals surface area contributed by atoms with Crippen molar-refractivity contribution in [1.82, 2.24) is 10.6 Å². The maximum Gasteiger partial charge on any atom is 0.328 e. The Balaban J connectivity index is 2.09. The third kappa shape index (κ3) is 3.12. The highest BCUT2D eigenvalue weighted by Crippen LogP contribution is 2.16. The van der Waals surface area contributed by atoms with Gasteiger partial charge in [-0.25, -0.2) is 4.79 Å². The van der Waals surface area contributed by atoms with Gasteiger partial charge in [-0.15, -0.1) is 0 Å².